The number of aryl methyl sites for hydroxylation is 1. The van der Waals surface area contributed by atoms with Crippen molar-refractivity contribution in [1.82, 2.24) is 24.6 Å². The molecule has 1 amide bonds. The predicted octanol–water partition coefficient (Wildman–Crippen LogP) is 4.76. The Kier molecular flexibility index (Phi) is 6.55. The molecule has 200 valence electrons. The Bertz CT molecular complexity index is 1350. The second kappa shape index (κ2) is 10.0. The number of ether oxygens (including phenoxy) is 1. The SMILES string of the molecule is CC(=O)N1CCc2c(c(N3CCCc4cc(-c5cnc(F)nc5)c(C(F)F)cc43)nn2C2CCOCC2)C1. The van der Waals surface area contributed by atoms with Gasteiger partial charge in [0.25, 0.3) is 6.43 Å². The van der Waals surface area contributed by atoms with E-state index in [9.17, 15) is 18.0 Å². The number of anilines is 2. The molecule has 5 heterocycles. The molecule has 0 bridgehead atoms. The minimum atomic E-state index is -2.74. The molecular formula is C27H29F3N6O2. The van der Waals surface area contributed by atoms with Crippen LogP contribution < -0.4 is 4.90 Å². The fourth-order valence-corrected chi connectivity index (χ4v) is 5.90. The largest absolute Gasteiger partial charge is 0.381 e. The molecule has 0 aliphatic carbocycles. The van der Waals surface area contributed by atoms with Crippen LogP contribution in [0.25, 0.3) is 11.1 Å². The predicted molar refractivity (Wildman–Crippen MR) is 134 cm³/mol. The van der Waals surface area contributed by atoms with Crippen LogP contribution in [0, 0.1) is 6.08 Å². The number of aromatic nitrogens is 4. The molecule has 0 N–H and O–H groups in total. The summed E-state index contributed by atoms with van der Waals surface area (Å²) in [6.07, 6.45) is 2.77. The van der Waals surface area contributed by atoms with E-state index in [1.54, 1.807) is 13.0 Å². The van der Waals surface area contributed by atoms with Gasteiger partial charge in [-0.15, -0.1) is 0 Å². The first kappa shape index (κ1) is 24.8. The number of carbonyl (C=O) groups is 1. The van der Waals surface area contributed by atoms with Crippen molar-refractivity contribution < 1.29 is 22.7 Å². The molecule has 3 aromatic rings. The summed E-state index contributed by atoms with van der Waals surface area (Å²) >= 11 is 0. The first-order valence-corrected chi connectivity index (χ1v) is 13.0. The lowest BCUT2D eigenvalue weighted by Crippen LogP contribution is -2.36. The summed E-state index contributed by atoms with van der Waals surface area (Å²) in [5, 5.41) is 5.10. The maximum Gasteiger partial charge on any atom is 0.308 e. The number of carbonyl (C=O) groups excluding carboxylic acids is 1. The summed E-state index contributed by atoms with van der Waals surface area (Å²) < 4.78 is 49.7. The molecule has 0 unspecified atom stereocenters. The number of nitrogens with zero attached hydrogens (tertiary/aromatic N) is 6. The van der Waals surface area contributed by atoms with Crippen molar-refractivity contribution in [2.24, 2.45) is 0 Å². The number of amides is 1. The zero-order valence-electron chi connectivity index (χ0n) is 21.2. The molecule has 0 saturated carbocycles. The van der Waals surface area contributed by atoms with Gasteiger partial charge in [0.1, 0.15) is 0 Å². The summed E-state index contributed by atoms with van der Waals surface area (Å²) in [5.74, 6) is 0.738. The standard InChI is InChI=1S/C27H29F3N6O2/c1-16(37)34-8-4-23-22(15-34)26(33-36(23)19-5-9-38-10-6-19)35-7-2-3-17-11-20(18-13-31-27(30)32-14-18)21(25(28)29)12-24(17)35/h11-14,19,25H,2-10,15H2,1H3. The lowest BCUT2D eigenvalue weighted by Gasteiger charge is -2.33. The number of alkyl halides is 2. The lowest BCUT2D eigenvalue weighted by molar-refractivity contribution is -0.129. The van der Waals surface area contributed by atoms with Gasteiger partial charge in [-0.2, -0.15) is 9.49 Å². The van der Waals surface area contributed by atoms with E-state index < -0.39 is 12.5 Å². The van der Waals surface area contributed by atoms with Crippen LogP contribution in [-0.2, 0) is 28.9 Å². The highest BCUT2D eigenvalue weighted by Gasteiger charge is 2.34. The van der Waals surface area contributed by atoms with Crippen LogP contribution in [-0.4, -0.2) is 56.9 Å². The average Bonchev–Trinajstić information content (AvgIpc) is 3.31. The van der Waals surface area contributed by atoms with Crippen LogP contribution in [0.15, 0.2) is 24.5 Å². The second-order valence-electron chi connectivity index (χ2n) is 10.1. The third-order valence-corrected chi connectivity index (χ3v) is 7.84. The second-order valence-corrected chi connectivity index (χ2v) is 10.1. The Balaban J connectivity index is 1.47. The molecule has 3 aliphatic rings. The number of hydrogen-bond donors (Lipinski definition) is 0. The van der Waals surface area contributed by atoms with Crippen LogP contribution in [0.2, 0.25) is 0 Å². The normalized spacial score (nSPS) is 18.0. The molecule has 1 saturated heterocycles. The number of fused-ring (bicyclic) bond motifs is 2. The monoisotopic (exact) mass is 526 g/mol. The molecule has 3 aliphatic heterocycles. The highest BCUT2D eigenvalue weighted by atomic mass is 19.3. The molecule has 11 heteroatoms. The van der Waals surface area contributed by atoms with Crippen molar-refractivity contribution in [3.05, 3.63) is 53.0 Å². The molecule has 0 radical (unpaired) electrons. The van der Waals surface area contributed by atoms with Gasteiger partial charge in [0.2, 0.25) is 5.91 Å². The van der Waals surface area contributed by atoms with Gasteiger partial charge in [0.15, 0.2) is 5.82 Å². The Morgan fingerprint density at radius 1 is 1.11 bits per heavy atom. The van der Waals surface area contributed by atoms with E-state index in [2.05, 4.69) is 14.6 Å². The fourth-order valence-electron chi connectivity index (χ4n) is 5.90. The van der Waals surface area contributed by atoms with Crippen LogP contribution in [0.5, 0.6) is 0 Å². The molecule has 1 fully saturated rings. The quantitative estimate of drug-likeness (QED) is 0.457. The van der Waals surface area contributed by atoms with Crippen LogP contribution in [0.4, 0.5) is 24.7 Å². The van der Waals surface area contributed by atoms with Crippen LogP contribution in [0.3, 0.4) is 0 Å². The van der Waals surface area contributed by atoms with Gasteiger partial charge in [-0.05, 0) is 48.9 Å². The van der Waals surface area contributed by atoms with Crippen molar-refractivity contribution in [3.8, 4) is 11.1 Å². The molecule has 6 rings (SSSR count). The van der Waals surface area contributed by atoms with Gasteiger partial charge in [-0.3, -0.25) is 9.48 Å². The molecule has 1 aromatic carbocycles. The zero-order valence-corrected chi connectivity index (χ0v) is 21.2. The van der Waals surface area contributed by atoms with E-state index in [-0.39, 0.29) is 17.5 Å². The van der Waals surface area contributed by atoms with Gasteiger partial charge in [-0.25, -0.2) is 18.7 Å². The van der Waals surface area contributed by atoms with Crippen molar-refractivity contribution in [2.75, 3.05) is 31.2 Å². The van der Waals surface area contributed by atoms with E-state index >= 15 is 0 Å². The van der Waals surface area contributed by atoms with E-state index in [1.807, 2.05) is 9.80 Å². The first-order valence-electron chi connectivity index (χ1n) is 13.0. The summed E-state index contributed by atoms with van der Waals surface area (Å²) in [6, 6.07) is 3.49. The molecule has 0 atom stereocenters. The Morgan fingerprint density at radius 2 is 1.87 bits per heavy atom. The summed E-state index contributed by atoms with van der Waals surface area (Å²) in [6.45, 7) is 4.63. The minimum absolute atomic E-state index is 0.00519. The summed E-state index contributed by atoms with van der Waals surface area (Å²) in [4.78, 5) is 23.2. The smallest absolute Gasteiger partial charge is 0.308 e. The number of halogens is 3. The highest BCUT2D eigenvalue weighted by Crippen LogP contribution is 2.43. The van der Waals surface area contributed by atoms with Gasteiger partial charge < -0.3 is 14.5 Å². The van der Waals surface area contributed by atoms with Gasteiger partial charge in [0.05, 0.1) is 12.6 Å². The van der Waals surface area contributed by atoms with Crippen molar-refractivity contribution in [1.29, 1.82) is 0 Å². The fraction of sp³-hybridized carbons (Fsp3) is 0.481. The third-order valence-electron chi connectivity index (χ3n) is 7.84. The van der Waals surface area contributed by atoms with E-state index in [0.29, 0.717) is 62.5 Å². The Morgan fingerprint density at radius 3 is 2.58 bits per heavy atom. The first-order chi connectivity index (χ1) is 18.4. The van der Waals surface area contributed by atoms with Gasteiger partial charge in [-0.1, -0.05) is 0 Å². The molecular weight excluding hydrogens is 497 g/mol. The summed E-state index contributed by atoms with van der Waals surface area (Å²) in [7, 11) is 0. The number of rotatable bonds is 4. The Hall–Kier alpha value is -3.47. The van der Waals surface area contributed by atoms with Crippen LogP contribution >= 0.6 is 0 Å². The number of hydrogen-bond acceptors (Lipinski definition) is 6. The van der Waals surface area contributed by atoms with Crippen LogP contribution in [0.1, 0.15) is 61.0 Å². The van der Waals surface area contributed by atoms with E-state index in [4.69, 9.17) is 9.84 Å². The molecule has 0 spiro atoms. The molecule has 8 nitrogen and oxygen atoms in total. The molecule has 2 aromatic heterocycles. The minimum Gasteiger partial charge on any atom is -0.381 e. The molecule has 38 heavy (non-hydrogen) atoms. The maximum absolute atomic E-state index is 14.3. The summed E-state index contributed by atoms with van der Waals surface area (Å²) in [5.41, 5.74) is 4.20. The topological polar surface area (TPSA) is 76.4 Å². The maximum atomic E-state index is 14.3. The third kappa shape index (κ3) is 4.42. The van der Waals surface area contributed by atoms with Crippen molar-refractivity contribution >= 4 is 17.4 Å². The van der Waals surface area contributed by atoms with Crippen molar-refractivity contribution in [3.63, 3.8) is 0 Å². The Labute approximate surface area is 218 Å². The van der Waals surface area contributed by atoms with Gasteiger partial charge >= 0.3 is 6.08 Å². The van der Waals surface area contributed by atoms with Crippen molar-refractivity contribution in [2.45, 2.75) is 58.0 Å². The number of benzene rings is 1. The van der Waals surface area contributed by atoms with Gasteiger partial charge in [0, 0.05) is 80.1 Å². The zero-order chi connectivity index (χ0) is 26.4. The lowest BCUT2D eigenvalue weighted by atomic mass is 9.92. The van der Waals surface area contributed by atoms with E-state index in [0.717, 1.165) is 41.9 Å². The average molecular weight is 527 g/mol. The van der Waals surface area contributed by atoms with E-state index in [1.165, 1.54) is 18.5 Å². The highest BCUT2D eigenvalue weighted by molar-refractivity contribution is 5.78.